The van der Waals surface area contributed by atoms with Gasteiger partial charge in [0.1, 0.15) is 5.60 Å². The van der Waals surface area contributed by atoms with Gasteiger partial charge < -0.3 is 14.8 Å². The smallest absolute Gasteiger partial charge is 0.185 e. The standard InChI is InChI=1S/C13H19NO2/c1-9-7-10-12(11(8-9)15-4)16-13(2,3)5-6-14-10/h7-8,14H,5-6H2,1-4H3. The first-order chi connectivity index (χ1) is 7.52. The molecule has 0 spiro atoms. The number of anilines is 1. The summed E-state index contributed by atoms with van der Waals surface area (Å²) < 4.78 is 11.4. The zero-order valence-corrected chi connectivity index (χ0v) is 10.4. The lowest BCUT2D eigenvalue weighted by Crippen LogP contribution is -2.28. The fourth-order valence-electron chi connectivity index (χ4n) is 1.95. The number of ether oxygens (including phenoxy) is 2. The van der Waals surface area contributed by atoms with E-state index < -0.39 is 0 Å². The summed E-state index contributed by atoms with van der Waals surface area (Å²) in [5, 5.41) is 3.39. The molecule has 16 heavy (non-hydrogen) atoms. The molecule has 3 heteroatoms. The zero-order valence-electron chi connectivity index (χ0n) is 10.4. The monoisotopic (exact) mass is 221 g/mol. The quantitative estimate of drug-likeness (QED) is 0.790. The van der Waals surface area contributed by atoms with Crippen LogP contribution in [0.15, 0.2) is 12.1 Å². The Kier molecular flexibility index (Phi) is 2.70. The van der Waals surface area contributed by atoms with Crippen molar-refractivity contribution < 1.29 is 9.47 Å². The number of benzene rings is 1. The van der Waals surface area contributed by atoms with Gasteiger partial charge in [0.2, 0.25) is 0 Å². The number of methoxy groups -OCH3 is 1. The molecule has 0 aromatic heterocycles. The first-order valence-electron chi connectivity index (χ1n) is 5.63. The average molecular weight is 221 g/mol. The van der Waals surface area contributed by atoms with Crippen LogP contribution in [0, 0.1) is 6.92 Å². The fourth-order valence-corrected chi connectivity index (χ4v) is 1.95. The molecule has 0 radical (unpaired) electrons. The second-order valence-electron chi connectivity index (χ2n) is 4.88. The summed E-state index contributed by atoms with van der Waals surface area (Å²) in [5.74, 6) is 1.63. The molecule has 2 rings (SSSR count). The van der Waals surface area contributed by atoms with Crippen LogP contribution in [-0.4, -0.2) is 19.3 Å². The second-order valence-corrected chi connectivity index (χ2v) is 4.88. The highest BCUT2D eigenvalue weighted by atomic mass is 16.5. The van der Waals surface area contributed by atoms with E-state index in [-0.39, 0.29) is 5.60 Å². The predicted molar refractivity (Wildman–Crippen MR) is 65.5 cm³/mol. The molecule has 0 unspecified atom stereocenters. The molecule has 1 aliphatic rings. The Labute approximate surface area is 96.8 Å². The maximum atomic E-state index is 6.03. The van der Waals surface area contributed by atoms with Gasteiger partial charge in [0.15, 0.2) is 11.5 Å². The lowest BCUT2D eigenvalue weighted by molar-refractivity contribution is 0.104. The SMILES string of the molecule is COc1cc(C)cc2c1OC(C)(C)CCN2. The summed E-state index contributed by atoms with van der Waals surface area (Å²) in [7, 11) is 1.68. The second kappa shape index (κ2) is 3.89. The van der Waals surface area contributed by atoms with Gasteiger partial charge in [-0.15, -0.1) is 0 Å². The van der Waals surface area contributed by atoms with E-state index >= 15 is 0 Å². The van der Waals surface area contributed by atoms with Crippen LogP contribution in [0.5, 0.6) is 11.5 Å². The van der Waals surface area contributed by atoms with Crippen LogP contribution < -0.4 is 14.8 Å². The maximum Gasteiger partial charge on any atom is 0.185 e. The van der Waals surface area contributed by atoms with Crippen LogP contribution in [0.2, 0.25) is 0 Å². The molecule has 0 saturated heterocycles. The van der Waals surface area contributed by atoms with E-state index in [4.69, 9.17) is 9.47 Å². The molecule has 0 atom stereocenters. The minimum Gasteiger partial charge on any atom is -0.493 e. The van der Waals surface area contributed by atoms with E-state index in [1.54, 1.807) is 7.11 Å². The number of fused-ring (bicyclic) bond motifs is 1. The van der Waals surface area contributed by atoms with Crippen molar-refractivity contribution in [2.24, 2.45) is 0 Å². The molecule has 1 aromatic rings. The molecule has 3 nitrogen and oxygen atoms in total. The molecule has 0 saturated carbocycles. The summed E-state index contributed by atoms with van der Waals surface area (Å²) in [6, 6.07) is 4.10. The number of hydrogen-bond donors (Lipinski definition) is 1. The normalized spacial score (nSPS) is 17.8. The van der Waals surface area contributed by atoms with Gasteiger partial charge in [-0.25, -0.2) is 0 Å². The third-order valence-electron chi connectivity index (χ3n) is 2.84. The van der Waals surface area contributed by atoms with E-state index in [0.29, 0.717) is 0 Å². The van der Waals surface area contributed by atoms with Gasteiger partial charge in [0, 0.05) is 13.0 Å². The molecule has 0 aliphatic carbocycles. The Morgan fingerprint density at radius 1 is 1.38 bits per heavy atom. The van der Waals surface area contributed by atoms with Gasteiger partial charge in [-0.3, -0.25) is 0 Å². The van der Waals surface area contributed by atoms with Crippen molar-refractivity contribution in [1.29, 1.82) is 0 Å². The van der Waals surface area contributed by atoms with Crippen molar-refractivity contribution in [3.05, 3.63) is 17.7 Å². The van der Waals surface area contributed by atoms with E-state index in [0.717, 1.165) is 30.2 Å². The van der Waals surface area contributed by atoms with Gasteiger partial charge in [0.05, 0.1) is 12.8 Å². The highest BCUT2D eigenvalue weighted by Crippen LogP contribution is 2.41. The lowest BCUT2D eigenvalue weighted by Gasteiger charge is -2.25. The van der Waals surface area contributed by atoms with Crippen LogP contribution in [0.3, 0.4) is 0 Å². The molecule has 0 amide bonds. The lowest BCUT2D eigenvalue weighted by atomic mass is 10.1. The number of hydrogen-bond acceptors (Lipinski definition) is 3. The topological polar surface area (TPSA) is 30.5 Å². The predicted octanol–water partition coefficient (Wildman–Crippen LogP) is 2.98. The van der Waals surface area contributed by atoms with Gasteiger partial charge >= 0.3 is 0 Å². The Morgan fingerprint density at radius 3 is 2.81 bits per heavy atom. The van der Waals surface area contributed by atoms with Crippen molar-refractivity contribution in [1.82, 2.24) is 0 Å². The molecule has 0 bridgehead atoms. The Hall–Kier alpha value is -1.38. The molecular formula is C13H19NO2. The molecule has 88 valence electrons. The van der Waals surface area contributed by atoms with E-state index in [1.807, 2.05) is 6.07 Å². The molecular weight excluding hydrogens is 202 g/mol. The van der Waals surface area contributed by atoms with E-state index in [1.165, 1.54) is 5.56 Å². The summed E-state index contributed by atoms with van der Waals surface area (Å²) in [5.41, 5.74) is 2.05. The maximum absolute atomic E-state index is 6.03. The highest BCUT2D eigenvalue weighted by molar-refractivity contribution is 5.65. The molecule has 1 aliphatic heterocycles. The average Bonchev–Trinajstić information content (AvgIpc) is 2.34. The highest BCUT2D eigenvalue weighted by Gasteiger charge is 2.26. The molecule has 1 heterocycles. The van der Waals surface area contributed by atoms with Gasteiger partial charge in [-0.2, -0.15) is 0 Å². The van der Waals surface area contributed by atoms with Crippen molar-refractivity contribution in [3.63, 3.8) is 0 Å². The summed E-state index contributed by atoms with van der Waals surface area (Å²) in [6.45, 7) is 7.18. The Balaban J connectivity index is 2.49. The molecule has 0 fully saturated rings. The largest absolute Gasteiger partial charge is 0.493 e. The van der Waals surface area contributed by atoms with Crippen molar-refractivity contribution in [3.8, 4) is 11.5 Å². The van der Waals surface area contributed by atoms with Crippen LogP contribution in [0.1, 0.15) is 25.8 Å². The Morgan fingerprint density at radius 2 is 2.12 bits per heavy atom. The number of nitrogens with one attached hydrogen (secondary N) is 1. The molecule has 1 N–H and O–H groups in total. The third-order valence-corrected chi connectivity index (χ3v) is 2.84. The van der Waals surface area contributed by atoms with Gasteiger partial charge in [-0.05, 0) is 38.5 Å². The van der Waals surface area contributed by atoms with Crippen molar-refractivity contribution in [2.75, 3.05) is 19.0 Å². The van der Waals surface area contributed by atoms with Gasteiger partial charge in [-0.1, -0.05) is 0 Å². The number of aryl methyl sites for hydroxylation is 1. The third kappa shape index (κ3) is 2.08. The fraction of sp³-hybridized carbons (Fsp3) is 0.538. The van der Waals surface area contributed by atoms with E-state index in [2.05, 4.69) is 32.2 Å². The van der Waals surface area contributed by atoms with Crippen LogP contribution >= 0.6 is 0 Å². The first kappa shape index (κ1) is 11.1. The number of rotatable bonds is 1. The minimum atomic E-state index is -0.152. The minimum absolute atomic E-state index is 0.152. The van der Waals surface area contributed by atoms with E-state index in [9.17, 15) is 0 Å². The summed E-state index contributed by atoms with van der Waals surface area (Å²) in [4.78, 5) is 0. The van der Waals surface area contributed by atoms with Crippen molar-refractivity contribution >= 4 is 5.69 Å². The van der Waals surface area contributed by atoms with Crippen LogP contribution in [-0.2, 0) is 0 Å². The van der Waals surface area contributed by atoms with Gasteiger partial charge in [0.25, 0.3) is 0 Å². The summed E-state index contributed by atoms with van der Waals surface area (Å²) in [6.07, 6.45) is 0.976. The van der Waals surface area contributed by atoms with Crippen LogP contribution in [0.4, 0.5) is 5.69 Å². The molecule has 1 aromatic carbocycles. The summed E-state index contributed by atoms with van der Waals surface area (Å²) >= 11 is 0. The Bertz CT molecular complexity index is 399. The van der Waals surface area contributed by atoms with Crippen LogP contribution in [0.25, 0.3) is 0 Å². The zero-order chi connectivity index (χ0) is 11.8. The first-order valence-corrected chi connectivity index (χ1v) is 5.63. The van der Waals surface area contributed by atoms with Crippen molar-refractivity contribution in [2.45, 2.75) is 32.8 Å².